The lowest BCUT2D eigenvalue weighted by Gasteiger charge is -2.35. The van der Waals surface area contributed by atoms with E-state index in [4.69, 9.17) is 37.4 Å². The fourth-order valence-electron chi connectivity index (χ4n) is 7.85. The second-order valence-electron chi connectivity index (χ2n) is 15.6. The van der Waals surface area contributed by atoms with Gasteiger partial charge in [-0.25, -0.2) is 14.8 Å². The molecule has 65 heavy (non-hydrogen) atoms. The van der Waals surface area contributed by atoms with Crippen LogP contribution in [0, 0.1) is 0 Å². The third-order valence-electron chi connectivity index (χ3n) is 11.4. The molecule has 3 N–H and O–H groups in total. The topological polar surface area (TPSA) is 205 Å². The van der Waals surface area contributed by atoms with Gasteiger partial charge in [-0.2, -0.15) is 0 Å². The standard InChI is InChI=1S/C45H49Cl2N9O9/c1-53(45(62)52-41-39(46)33(63-2)23-34(64-3)40(41)47)36-24-35(48-26-49-36)50-27-12-14-28(15-13-27)55-20-18-54(19-21-55)25-29(57)9-6-4-5-7-22-65-32-11-8-10-30-38(32)44(61)56(43(30)60)31-16-17-37(58)51-42(31)59/h8,10-15,23-24,26,31H,4-7,9,16-22,25H2,1-3H3,(H,52,62)(H,48,49,50)(H,51,58,59). The van der Waals surface area contributed by atoms with E-state index in [2.05, 4.69) is 35.7 Å². The first-order valence-electron chi connectivity index (χ1n) is 21.2. The number of unbranched alkanes of at least 4 members (excludes halogenated alkanes) is 3. The highest BCUT2D eigenvalue weighted by molar-refractivity contribution is 6.41. The third kappa shape index (κ3) is 10.7. The minimum atomic E-state index is -1.04. The van der Waals surface area contributed by atoms with Gasteiger partial charge in [0, 0.05) is 69.6 Å². The van der Waals surface area contributed by atoms with E-state index in [1.54, 1.807) is 25.2 Å². The summed E-state index contributed by atoms with van der Waals surface area (Å²) in [4.78, 5) is 91.7. The second-order valence-corrected chi connectivity index (χ2v) is 16.4. The molecule has 7 rings (SSSR count). The fraction of sp³-hybridized carbons (Fsp3) is 0.378. The molecule has 0 aliphatic carbocycles. The summed E-state index contributed by atoms with van der Waals surface area (Å²) in [5.41, 5.74) is 2.30. The summed E-state index contributed by atoms with van der Waals surface area (Å²) in [6.45, 7) is 3.83. The quantitative estimate of drug-likeness (QED) is 0.0737. The molecule has 3 aliphatic rings. The number of rotatable bonds is 18. The van der Waals surface area contributed by atoms with E-state index < -0.39 is 35.7 Å². The first-order chi connectivity index (χ1) is 31.4. The van der Waals surface area contributed by atoms with E-state index in [1.807, 2.05) is 24.3 Å². The van der Waals surface area contributed by atoms with Crippen LogP contribution in [0.5, 0.6) is 17.2 Å². The Morgan fingerprint density at radius 1 is 0.862 bits per heavy atom. The average molecular weight is 931 g/mol. The number of anilines is 5. The summed E-state index contributed by atoms with van der Waals surface area (Å²) in [6.07, 6.45) is 5.12. The number of benzene rings is 3. The molecular weight excluding hydrogens is 881 g/mol. The van der Waals surface area contributed by atoms with Crippen molar-refractivity contribution in [1.29, 1.82) is 0 Å². The van der Waals surface area contributed by atoms with E-state index in [1.165, 1.54) is 37.6 Å². The molecule has 0 saturated carbocycles. The number of carbonyl (C=O) groups excluding carboxylic acids is 6. The molecular formula is C45H49Cl2N9O9. The lowest BCUT2D eigenvalue weighted by Crippen LogP contribution is -2.54. The Morgan fingerprint density at radius 3 is 2.26 bits per heavy atom. The summed E-state index contributed by atoms with van der Waals surface area (Å²) in [5.74, 6) is -0.417. The van der Waals surface area contributed by atoms with E-state index in [9.17, 15) is 28.8 Å². The molecule has 20 heteroatoms. The molecule has 2 fully saturated rings. The molecule has 6 amide bonds. The van der Waals surface area contributed by atoms with Crippen LogP contribution in [0.4, 0.5) is 33.5 Å². The lowest BCUT2D eigenvalue weighted by molar-refractivity contribution is -0.136. The Bertz CT molecular complexity index is 2440. The Morgan fingerprint density at radius 2 is 1.57 bits per heavy atom. The number of piperidine rings is 1. The first kappa shape index (κ1) is 46.5. The van der Waals surface area contributed by atoms with Crippen molar-refractivity contribution in [1.82, 2.24) is 25.1 Å². The SMILES string of the molecule is COc1cc(OC)c(Cl)c(NC(=O)N(C)c2cc(Nc3ccc(N4CCN(CC(=O)CCCCCCOc5cccc6c5C(=O)N(C5CCC(=O)NC5=O)C6=O)CC4)cc3)ncn2)c1Cl. The van der Waals surface area contributed by atoms with Crippen molar-refractivity contribution >= 4 is 87.3 Å². The number of methoxy groups -OCH3 is 2. The summed E-state index contributed by atoms with van der Waals surface area (Å²) >= 11 is 12.9. The van der Waals surface area contributed by atoms with Gasteiger partial charge in [0.1, 0.15) is 57.1 Å². The monoisotopic (exact) mass is 929 g/mol. The number of hydrogen-bond donors (Lipinski definition) is 3. The van der Waals surface area contributed by atoms with Crippen LogP contribution in [-0.2, 0) is 14.4 Å². The number of ether oxygens (including phenoxy) is 3. The van der Waals surface area contributed by atoms with Crippen LogP contribution in [0.1, 0.15) is 65.7 Å². The van der Waals surface area contributed by atoms with Crippen LogP contribution in [-0.4, -0.2) is 122 Å². The molecule has 1 atom stereocenters. The number of piperazine rings is 1. The summed E-state index contributed by atoms with van der Waals surface area (Å²) in [5, 5.41) is 8.41. The van der Waals surface area contributed by atoms with Gasteiger partial charge in [0.25, 0.3) is 11.8 Å². The molecule has 3 aliphatic heterocycles. The highest BCUT2D eigenvalue weighted by Crippen LogP contribution is 2.44. The molecule has 0 radical (unpaired) electrons. The largest absolute Gasteiger partial charge is 0.495 e. The number of fused-ring (bicyclic) bond motifs is 1. The van der Waals surface area contributed by atoms with Gasteiger partial charge in [0.15, 0.2) is 0 Å². The average Bonchev–Trinajstić information content (AvgIpc) is 3.56. The molecule has 3 aromatic carbocycles. The summed E-state index contributed by atoms with van der Waals surface area (Å²) in [7, 11) is 4.43. The number of amides is 6. The van der Waals surface area contributed by atoms with Crippen LogP contribution < -0.4 is 40.0 Å². The van der Waals surface area contributed by atoms with Crippen LogP contribution in [0.2, 0.25) is 10.0 Å². The Balaban J connectivity index is 0.795. The van der Waals surface area contributed by atoms with Crippen LogP contribution in [0.25, 0.3) is 0 Å². The van der Waals surface area contributed by atoms with Crippen molar-refractivity contribution < 1.29 is 43.0 Å². The molecule has 0 bridgehead atoms. The number of urea groups is 1. The Hall–Kier alpha value is -6.50. The zero-order chi connectivity index (χ0) is 46.2. The van der Waals surface area contributed by atoms with Crippen LogP contribution >= 0.6 is 23.2 Å². The number of hydrogen-bond acceptors (Lipinski definition) is 14. The van der Waals surface area contributed by atoms with Crippen LogP contribution in [0.15, 0.2) is 60.9 Å². The Kier molecular flexibility index (Phi) is 15.0. The smallest absolute Gasteiger partial charge is 0.327 e. The number of Topliss-reactive ketones (excluding diaryl/α,β-unsaturated/α-hetero) is 1. The molecule has 0 spiro atoms. The molecule has 18 nitrogen and oxygen atoms in total. The number of halogens is 2. The summed E-state index contributed by atoms with van der Waals surface area (Å²) < 4.78 is 16.5. The van der Waals surface area contributed by atoms with Gasteiger partial charge in [0.2, 0.25) is 11.8 Å². The van der Waals surface area contributed by atoms with E-state index in [0.717, 1.165) is 61.7 Å². The van der Waals surface area contributed by atoms with Gasteiger partial charge in [0.05, 0.1) is 44.2 Å². The number of nitrogens with one attached hydrogen (secondary N) is 3. The summed E-state index contributed by atoms with van der Waals surface area (Å²) in [6, 6.07) is 14.3. The number of nitrogens with zero attached hydrogens (tertiary/aromatic N) is 6. The Labute approximate surface area is 385 Å². The number of ketones is 1. The highest BCUT2D eigenvalue weighted by Gasteiger charge is 2.46. The van der Waals surface area contributed by atoms with E-state index >= 15 is 0 Å². The van der Waals surface area contributed by atoms with Gasteiger partial charge in [-0.05, 0) is 55.7 Å². The number of imide groups is 2. The molecule has 4 aromatic rings. The minimum absolute atomic E-state index is 0.0495. The maximum Gasteiger partial charge on any atom is 0.327 e. The van der Waals surface area contributed by atoms with E-state index in [0.29, 0.717) is 37.6 Å². The molecule has 2 saturated heterocycles. The van der Waals surface area contributed by atoms with Gasteiger partial charge < -0.3 is 29.7 Å². The second kappa shape index (κ2) is 21.0. The maximum atomic E-state index is 13.3. The van der Waals surface area contributed by atoms with Crippen molar-refractivity contribution in [3.05, 3.63) is 82.1 Å². The van der Waals surface area contributed by atoms with Gasteiger partial charge >= 0.3 is 6.03 Å². The van der Waals surface area contributed by atoms with Crippen molar-refractivity contribution in [2.75, 3.05) is 81.0 Å². The normalized spacial score (nSPS) is 16.2. The van der Waals surface area contributed by atoms with Crippen molar-refractivity contribution in [3.8, 4) is 17.2 Å². The van der Waals surface area contributed by atoms with Gasteiger partial charge in [-0.1, -0.05) is 42.1 Å². The molecule has 1 unspecified atom stereocenters. The zero-order valence-electron chi connectivity index (χ0n) is 36.2. The van der Waals surface area contributed by atoms with E-state index in [-0.39, 0.29) is 62.7 Å². The number of aromatic nitrogens is 2. The third-order valence-corrected chi connectivity index (χ3v) is 12.2. The molecule has 1 aromatic heterocycles. The predicted molar refractivity (Wildman–Crippen MR) is 244 cm³/mol. The maximum absolute atomic E-state index is 13.3. The fourth-order valence-corrected chi connectivity index (χ4v) is 8.44. The van der Waals surface area contributed by atoms with Crippen molar-refractivity contribution in [2.45, 2.75) is 51.0 Å². The van der Waals surface area contributed by atoms with Crippen molar-refractivity contribution in [3.63, 3.8) is 0 Å². The highest BCUT2D eigenvalue weighted by atomic mass is 35.5. The van der Waals surface area contributed by atoms with Gasteiger partial charge in [-0.15, -0.1) is 0 Å². The number of carbonyl (C=O) groups is 6. The zero-order valence-corrected chi connectivity index (χ0v) is 37.7. The molecule has 342 valence electrons. The van der Waals surface area contributed by atoms with Gasteiger partial charge in [-0.3, -0.25) is 44.0 Å². The van der Waals surface area contributed by atoms with Crippen molar-refractivity contribution in [2.24, 2.45) is 0 Å². The van der Waals surface area contributed by atoms with Crippen LogP contribution in [0.3, 0.4) is 0 Å². The predicted octanol–water partition coefficient (Wildman–Crippen LogP) is 6.33. The minimum Gasteiger partial charge on any atom is -0.495 e. The molecule has 4 heterocycles. The lowest BCUT2D eigenvalue weighted by atomic mass is 10.0. The first-order valence-corrected chi connectivity index (χ1v) is 21.9.